The van der Waals surface area contributed by atoms with Crippen LogP contribution in [0.4, 0.5) is 4.79 Å². The van der Waals surface area contributed by atoms with Crippen LogP contribution in [-0.2, 0) is 14.3 Å². The van der Waals surface area contributed by atoms with Gasteiger partial charge in [0, 0.05) is 11.6 Å². The van der Waals surface area contributed by atoms with E-state index in [9.17, 15) is 19.5 Å². The van der Waals surface area contributed by atoms with Gasteiger partial charge in [0.15, 0.2) is 0 Å². The SMILES string of the molecule is Cc1ccc(C(C(=O)NC(C)(C)C)N(C(=O)C(CO)NC(=O)OC(C)(C)C)C2CC2C)cc1C. The van der Waals surface area contributed by atoms with Crippen molar-refractivity contribution < 1.29 is 24.2 Å². The number of nitrogens with zero attached hydrogens (tertiary/aromatic N) is 1. The Balaban J connectivity index is 2.48. The van der Waals surface area contributed by atoms with Gasteiger partial charge in [-0.15, -0.1) is 0 Å². The molecule has 0 aromatic heterocycles. The number of benzene rings is 1. The van der Waals surface area contributed by atoms with E-state index >= 15 is 0 Å². The summed E-state index contributed by atoms with van der Waals surface area (Å²) in [5, 5.41) is 15.5. The minimum absolute atomic E-state index is 0.181. The molecule has 34 heavy (non-hydrogen) atoms. The molecular formula is C26H41N3O5. The second-order valence-corrected chi connectivity index (χ2v) is 11.4. The Morgan fingerprint density at radius 3 is 2.15 bits per heavy atom. The molecule has 1 aliphatic carbocycles. The van der Waals surface area contributed by atoms with Crippen molar-refractivity contribution in [3.63, 3.8) is 0 Å². The summed E-state index contributed by atoms with van der Waals surface area (Å²) in [5.41, 5.74) is 1.51. The number of hydrogen-bond acceptors (Lipinski definition) is 5. The van der Waals surface area contributed by atoms with Crippen LogP contribution in [0.3, 0.4) is 0 Å². The van der Waals surface area contributed by atoms with E-state index in [-0.39, 0.29) is 17.9 Å². The van der Waals surface area contributed by atoms with Crippen molar-refractivity contribution >= 4 is 17.9 Å². The van der Waals surface area contributed by atoms with Crippen molar-refractivity contribution in [2.24, 2.45) is 5.92 Å². The van der Waals surface area contributed by atoms with Crippen LogP contribution in [0, 0.1) is 19.8 Å². The predicted molar refractivity (Wildman–Crippen MR) is 131 cm³/mol. The first-order valence-electron chi connectivity index (χ1n) is 11.9. The van der Waals surface area contributed by atoms with Gasteiger partial charge in [-0.05, 0) is 84.4 Å². The van der Waals surface area contributed by atoms with Crippen molar-refractivity contribution in [2.75, 3.05) is 6.61 Å². The highest BCUT2D eigenvalue weighted by atomic mass is 16.6. The number of ether oxygens (including phenoxy) is 1. The number of amides is 3. The minimum atomic E-state index is -1.24. The molecule has 1 aromatic rings. The van der Waals surface area contributed by atoms with Crippen LogP contribution in [-0.4, -0.2) is 57.7 Å². The molecule has 0 heterocycles. The van der Waals surface area contributed by atoms with Gasteiger partial charge < -0.3 is 25.4 Å². The maximum Gasteiger partial charge on any atom is 0.408 e. The Morgan fingerprint density at radius 1 is 1.12 bits per heavy atom. The molecule has 190 valence electrons. The van der Waals surface area contributed by atoms with Crippen LogP contribution in [0.1, 0.15) is 77.6 Å². The molecule has 4 atom stereocenters. The number of aryl methyl sites for hydroxylation is 2. The van der Waals surface area contributed by atoms with E-state index in [0.717, 1.165) is 17.5 Å². The molecule has 3 N–H and O–H groups in total. The molecule has 3 amide bonds. The third kappa shape index (κ3) is 7.45. The fourth-order valence-electron chi connectivity index (χ4n) is 3.80. The Morgan fingerprint density at radius 2 is 1.71 bits per heavy atom. The van der Waals surface area contributed by atoms with Gasteiger partial charge in [-0.1, -0.05) is 25.1 Å². The fourth-order valence-corrected chi connectivity index (χ4v) is 3.80. The Hall–Kier alpha value is -2.61. The zero-order valence-electron chi connectivity index (χ0n) is 22.0. The second-order valence-electron chi connectivity index (χ2n) is 11.4. The lowest BCUT2D eigenvalue weighted by atomic mass is 9.97. The molecule has 1 aliphatic rings. The van der Waals surface area contributed by atoms with Crippen LogP contribution in [0.5, 0.6) is 0 Å². The van der Waals surface area contributed by atoms with Gasteiger partial charge in [0.05, 0.1) is 6.61 Å². The zero-order valence-corrected chi connectivity index (χ0v) is 22.0. The summed E-state index contributed by atoms with van der Waals surface area (Å²) in [7, 11) is 0. The first kappa shape index (κ1) is 27.6. The summed E-state index contributed by atoms with van der Waals surface area (Å²) in [5.74, 6) is -0.631. The average molecular weight is 476 g/mol. The van der Waals surface area contributed by atoms with E-state index in [0.29, 0.717) is 5.56 Å². The van der Waals surface area contributed by atoms with Gasteiger partial charge in [0.25, 0.3) is 0 Å². The lowest BCUT2D eigenvalue weighted by molar-refractivity contribution is -0.144. The Bertz CT molecular complexity index is 916. The summed E-state index contributed by atoms with van der Waals surface area (Å²) in [6.07, 6.45) is -0.0638. The van der Waals surface area contributed by atoms with E-state index in [1.54, 1.807) is 20.8 Å². The van der Waals surface area contributed by atoms with Crippen molar-refractivity contribution in [1.82, 2.24) is 15.5 Å². The number of nitrogens with one attached hydrogen (secondary N) is 2. The third-order valence-electron chi connectivity index (χ3n) is 5.72. The van der Waals surface area contributed by atoms with Crippen molar-refractivity contribution in [2.45, 2.75) is 98.0 Å². The van der Waals surface area contributed by atoms with E-state index in [1.807, 2.05) is 59.7 Å². The molecule has 1 fully saturated rings. The zero-order chi connectivity index (χ0) is 26.0. The monoisotopic (exact) mass is 475 g/mol. The number of carbonyl (C=O) groups is 3. The molecule has 0 aliphatic heterocycles. The van der Waals surface area contributed by atoms with Gasteiger partial charge in [-0.2, -0.15) is 0 Å². The highest BCUT2D eigenvalue weighted by Crippen LogP contribution is 2.41. The van der Waals surface area contributed by atoms with Crippen LogP contribution in [0.2, 0.25) is 0 Å². The molecule has 0 radical (unpaired) electrons. The van der Waals surface area contributed by atoms with Gasteiger partial charge >= 0.3 is 6.09 Å². The predicted octanol–water partition coefficient (Wildman–Crippen LogP) is 3.38. The van der Waals surface area contributed by atoms with Crippen molar-refractivity contribution in [1.29, 1.82) is 0 Å². The molecule has 4 unspecified atom stereocenters. The average Bonchev–Trinajstić information content (AvgIpc) is 3.39. The van der Waals surface area contributed by atoms with Gasteiger partial charge in [-0.3, -0.25) is 9.59 Å². The van der Waals surface area contributed by atoms with E-state index in [1.165, 1.54) is 4.90 Å². The number of rotatable bonds is 7. The second kappa shape index (κ2) is 10.3. The van der Waals surface area contributed by atoms with E-state index in [2.05, 4.69) is 10.6 Å². The number of aliphatic hydroxyl groups excluding tert-OH is 1. The van der Waals surface area contributed by atoms with E-state index < -0.39 is 41.8 Å². The first-order chi connectivity index (χ1) is 15.5. The van der Waals surface area contributed by atoms with Crippen LogP contribution >= 0.6 is 0 Å². The normalized spacial score (nSPS) is 19.6. The maximum absolute atomic E-state index is 13.8. The molecular weight excluding hydrogens is 434 g/mol. The van der Waals surface area contributed by atoms with Crippen LogP contribution < -0.4 is 10.6 Å². The molecule has 8 heteroatoms. The molecule has 2 rings (SSSR count). The minimum Gasteiger partial charge on any atom is -0.444 e. The number of alkyl carbamates (subject to hydrolysis) is 1. The van der Waals surface area contributed by atoms with Gasteiger partial charge in [0.2, 0.25) is 11.8 Å². The molecule has 0 bridgehead atoms. The Kier molecular flexibility index (Phi) is 8.40. The van der Waals surface area contributed by atoms with Crippen molar-refractivity contribution in [3.05, 3.63) is 34.9 Å². The summed E-state index contributed by atoms with van der Waals surface area (Å²) < 4.78 is 5.27. The largest absolute Gasteiger partial charge is 0.444 e. The first-order valence-corrected chi connectivity index (χ1v) is 11.9. The number of hydrogen-bond donors (Lipinski definition) is 3. The van der Waals surface area contributed by atoms with Gasteiger partial charge in [-0.25, -0.2) is 4.79 Å². The third-order valence-corrected chi connectivity index (χ3v) is 5.72. The fraction of sp³-hybridized carbons (Fsp3) is 0.654. The lowest BCUT2D eigenvalue weighted by Crippen LogP contribution is -2.56. The standard InChI is InChI=1S/C26H41N3O5/c1-15-10-11-18(12-16(15)2)21(22(31)28-25(4,5)6)29(20-13-17(20)3)23(32)19(14-30)27-24(33)34-26(7,8)9/h10-12,17,19-21,30H,13-14H2,1-9H3,(H,27,33)(H,28,31). The quantitative estimate of drug-likeness (QED) is 0.560. The molecule has 1 aromatic carbocycles. The molecule has 8 nitrogen and oxygen atoms in total. The molecule has 1 saturated carbocycles. The van der Waals surface area contributed by atoms with E-state index in [4.69, 9.17) is 4.74 Å². The summed E-state index contributed by atoms with van der Waals surface area (Å²) in [6.45, 7) is 16.1. The summed E-state index contributed by atoms with van der Waals surface area (Å²) in [6, 6.07) is 3.39. The maximum atomic E-state index is 13.8. The number of aliphatic hydroxyl groups is 1. The molecule has 0 spiro atoms. The van der Waals surface area contributed by atoms with Crippen LogP contribution in [0.15, 0.2) is 18.2 Å². The topological polar surface area (TPSA) is 108 Å². The smallest absolute Gasteiger partial charge is 0.408 e. The number of carbonyl (C=O) groups excluding carboxylic acids is 3. The highest BCUT2D eigenvalue weighted by molar-refractivity contribution is 5.93. The highest BCUT2D eigenvalue weighted by Gasteiger charge is 2.48. The Labute approximate surface area is 203 Å². The van der Waals surface area contributed by atoms with Crippen molar-refractivity contribution in [3.8, 4) is 0 Å². The lowest BCUT2D eigenvalue weighted by Gasteiger charge is -2.36. The molecule has 0 saturated heterocycles. The van der Waals surface area contributed by atoms with Gasteiger partial charge in [0.1, 0.15) is 17.7 Å². The van der Waals surface area contributed by atoms with Crippen LogP contribution in [0.25, 0.3) is 0 Å². The summed E-state index contributed by atoms with van der Waals surface area (Å²) >= 11 is 0. The summed E-state index contributed by atoms with van der Waals surface area (Å²) in [4.78, 5) is 41.2.